The van der Waals surface area contributed by atoms with Gasteiger partial charge in [0, 0.05) is 57.7 Å². The van der Waals surface area contributed by atoms with E-state index in [1.165, 1.54) is 25.7 Å². The predicted molar refractivity (Wildman–Crippen MR) is 125 cm³/mol. The Hall–Kier alpha value is -2.63. The van der Waals surface area contributed by atoms with Crippen molar-refractivity contribution in [1.82, 2.24) is 14.7 Å². The second-order valence-corrected chi connectivity index (χ2v) is 9.40. The van der Waals surface area contributed by atoms with Gasteiger partial charge >= 0.3 is 0 Å². The Morgan fingerprint density at radius 1 is 0.781 bits per heavy atom. The Kier molecular flexibility index (Phi) is 7.61. The van der Waals surface area contributed by atoms with Gasteiger partial charge in [0.2, 0.25) is 17.7 Å². The maximum Gasteiger partial charge on any atom is 0.246 e. The van der Waals surface area contributed by atoms with Crippen molar-refractivity contribution in [2.45, 2.75) is 44.9 Å². The summed E-state index contributed by atoms with van der Waals surface area (Å²) in [5.74, 6) is 1.02. The van der Waals surface area contributed by atoms with Gasteiger partial charge in [0.25, 0.3) is 0 Å². The van der Waals surface area contributed by atoms with Crippen LogP contribution in [0.25, 0.3) is 6.08 Å². The van der Waals surface area contributed by atoms with E-state index in [-0.39, 0.29) is 23.6 Å². The highest BCUT2D eigenvalue weighted by atomic mass is 16.2. The number of hydrogen-bond donors (Lipinski definition) is 0. The summed E-state index contributed by atoms with van der Waals surface area (Å²) < 4.78 is 0. The van der Waals surface area contributed by atoms with Crippen LogP contribution in [-0.2, 0) is 14.4 Å². The molecule has 0 N–H and O–H groups in total. The van der Waals surface area contributed by atoms with E-state index < -0.39 is 0 Å². The molecule has 2 saturated heterocycles. The molecular formula is C26H35N3O3. The molecule has 6 heteroatoms. The lowest BCUT2D eigenvalue weighted by Crippen LogP contribution is -2.53. The standard InChI is InChI=1S/C26H35N3O3/c30-24(11-10-21-6-2-1-3-7-21)27-14-12-23(13-15-27)26(32)29-18-16-28(17-19-29)25(31)20-22-8-4-5-9-22/h1-3,6-7,10-11,22-23H,4-5,8-9,12-20H2/b11-10+. The van der Waals surface area contributed by atoms with Crippen molar-refractivity contribution in [3.8, 4) is 0 Å². The number of rotatable bonds is 5. The summed E-state index contributed by atoms with van der Waals surface area (Å²) in [5, 5.41) is 0. The largest absolute Gasteiger partial charge is 0.339 e. The first-order valence-corrected chi connectivity index (χ1v) is 12.2. The average Bonchev–Trinajstić information content (AvgIpc) is 3.36. The van der Waals surface area contributed by atoms with E-state index in [1.54, 1.807) is 6.08 Å². The molecule has 0 unspecified atom stereocenters. The molecule has 1 aromatic rings. The first-order chi connectivity index (χ1) is 15.6. The molecule has 0 atom stereocenters. The highest BCUT2D eigenvalue weighted by Gasteiger charge is 2.32. The summed E-state index contributed by atoms with van der Waals surface area (Å²) in [6.45, 7) is 3.81. The zero-order chi connectivity index (χ0) is 22.3. The molecule has 2 heterocycles. The number of benzene rings is 1. The normalized spacial score (nSPS) is 20.8. The SMILES string of the molecule is O=C(/C=C/c1ccccc1)N1CCC(C(=O)N2CCN(C(=O)CC3CCCC3)CC2)CC1. The molecule has 3 fully saturated rings. The zero-order valence-corrected chi connectivity index (χ0v) is 19.0. The number of carbonyl (C=O) groups excluding carboxylic acids is 3. The van der Waals surface area contributed by atoms with E-state index >= 15 is 0 Å². The van der Waals surface area contributed by atoms with E-state index in [0.717, 1.165) is 5.56 Å². The van der Waals surface area contributed by atoms with Crippen LogP contribution in [0, 0.1) is 11.8 Å². The highest BCUT2D eigenvalue weighted by molar-refractivity contribution is 5.92. The Balaban J connectivity index is 1.19. The number of carbonyl (C=O) groups is 3. The zero-order valence-electron chi connectivity index (χ0n) is 19.0. The van der Waals surface area contributed by atoms with Gasteiger partial charge < -0.3 is 14.7 Å². The van der Waals surface area contributed by atoms with Crippen LogP contribution in [-0.4, -0.2) is 71.7 Å². The minimum atomic E-state index is -0.0158. The Morgan fingerprint density at radius 2 is 1.41 bits per heavy atom. The van der Waals surface area contributed by atoms with Gasteiger partial charge in [-0.3, -0.25) is 14.4 Å². The van der Waals surface area contributed by atoms with Gasteiger partial charge in [-0.05, 0) is 43.2 Å². The second-order valence-electron chi connectivity index (χ2n) is 9.40. The van der Waals surface area contributed by atoms with Crippen LogP contribution in [0.2, 0.25) is 0 Å². The number of piperazine rings is 1. The van der Waals surface area contributed by atoms with Crippen LogP contribution in [0.1, 0.15) is 50.5 Å². The fraction of sp³-hybridized carbons (Fsp3) is 0.577. The number of amides is 3. The van der Waals surface area contributed by atoms with Gasteiger partial charge in [0.1, 0.15) is 0 Å². The van der Waals surface area contributed by atoms with E-state index in [0.29, 0.717) is 64.4 Å². The fourth-order valence-corrected chi connectivity index (χ4v) is 5.21. The first kappa shape index (κ1) is 22.6. The molecule has 1 aromatic carbocycles. The number of nitrogens with zero attached hydrogens (tertiary/aromatic N) is 3. The summed E-state index contributed by atoms with van der Waals surface area (Å²) in [6.07, 6.45) is 10.5. The van der Waals surface area contributed by atoms with Crippen molar-refractivity contribution in [1.29, 1.82) is 0 Å². The maximum atomic E-state index is 13.0. The van der Waals surface area contributed by atoms with E-state index in [1.807, 2.05) is 51.1 Å². The van der Waals surface area contributed by atoms with Crippen LogP contribution in [0.15, 0.2) is 36.4 Å². The summed E-state index contributed by atoms with van der Waals surface area (Å²) >= 11 is 0. The second kappa shape index (κ2) is 10.8. The van der Waals surface area contributed by atoms with Gasteiger partial charge in [0.15, 0.2) is 0 Å². The van der Waals surface area contributed by atoms with Crippen molar-refractivity contribution >= 4 is 23.8 Å². The third-order valence-electron chi connectivity index (χ3n) is 7.26. The summed E-state index contributed by atoms with van der Waals surface area (Å²) in [4.78, 5) is 43.7. The van der Waals surface area contributed by atoms with Crippen molar-refractivity contribution in [3.63, 3.8) is 0 Å². The molecular weight excluding hydrogens is 402 g/mol. The Labute approximate surface area is 191 Å². The lowest BCUT2D eigenvalue weighted by Gasteiger charge is -2.38. The minimum Gasteiger partial charge on any atom is -0.339 e. The molecule has 4 rings (SSSR count). The van der Waals surface area contributed by atoms with Crippen LogP contribution < -0.4 is 0 Å². The van der Waals surface area contributed by atoms with Crippen LogP contribution in [0.4, 0.5) is 0 Å². The molecule has 3 aliphatic rings. The third-order valence-corrected chi connectivity index (χ3v) is 7.26. The van der Waals surface area contributed by atoms with E-state index in [9.17, 15) is 14.4 Å². The molecule has 6 nitrogen and oxygen atoms in total. The Morgan fingerprint density at radius 3 is 2.06 bits per heavy atom. The van der Waals surface area contributed by atoms with Crippen LogP contribution in [0.3, 0.4) is 0 Å². The number of piperidine rings is 1. The molecule has 1 saturated carbocycles. The molecule has 2 aliphatic heterocycles. The molecule has 3 amide bonds. The predicted octanol–water partition coefficient (Wildman–Crippen LogP) is 3.19. The van der Waals surface area contributed by atoms with Gasteiger partial charge in [-0.15, -0.1) is 0 Å². The smallest absolute Gasteiger partial charge is 0.246 e. The molecule has 0 bridgehead atoms. The lowest BCUT2D eigenvalue weighted by atomic mass is 9.94. The topological polar surface area (TPSA) is 60.9 Å². The minimum absolute atomic E-state index is 0.00846. The van der Waals surface area contributed by atoms with Gasteiger partial charge in [-0.2, -0.15) is 0 Å². The highest BCUT2D eigenvalue weighted by Crippen LogP contribution is 2.28. The van der Waals surface area contributed by atoms with Crippen molar-refractivity contribution in [2.75, 3.05) is 39.3 Å². The molecule has 0 aromatic heterocycles. The van der Waals surface area contributed by atoms with Crippen molar-refractivity contribution in [3.05, 3.63) is 42.0 Å². The van der Waals surface area contributed by atoms with E-state index in [4.69, 9.17) is 0 Å². The van der Waals surface area contributed by atoms with Crippen LogP contribution >= 0.6 is 0 Å². The van der Waals surface area contributed by atoms with Gasteiger partial charge in [-0.25, -0.2) is 0 Å². The molecule has 0 radical (unpaired) electrons. The lowest BCUT2D eigenvalue weighted by molar-refractivity contribution is -0.144. The fourth-order valence-electron chi connectivity index (χ4n) is 5.21. The monoisotopic (exact) mass is 437 g/mol. The third kappa shape index (κ3) is 5.78. The first-order valence-electron chi connectivity index (χ1n) is 12.2. The number of hydrogen-bond acceptors (Lipinski definition) is 3. The van der Waals surface area contributed by atoms with E-state index in [2.05, 4.69) is 0 Å². The van der Waals surface area contributed by atoms with Crippen LogP contribution in [0.5, 0.6) is 0 Å². The number of likely N-dealkylation sites (tertiary alicyclic amines) is 1. The van der Waals surface area contributed by atoms with Gasteiger partial charge in [0.05, 0.1) is 0 Å². The molecule has 1 aliphatic carbocycles. The summed E-state index contributed by atoms with van der Waals surface area (Å²) in [5.41, 5.74) is 1.01. The maximum absolute atomic E-state index is 13.0. The molecule has 172 valence electrons. The molecule has 0 spiro atoms. The molecule has 32 heavy (non-hydrogen) atoms. The summed E-state index contributed by atoms with van der Waals surface area (Å²) in [6, 6.07) is 9.79. The van der Waals surface area contributed by atoms with Gasteiger partial charge in [-0.1, -0.05) is 43.2 Å². The van der Waals surface area contributed by atoms with Crippen molar-refractivity contribution < 1.29 is 14.4 Å². The van der Waals surface area contributed by atoms with Crippen molar-refractivity contribution in [2.24, 2.45) is 11.8 Å². The quantitative estimate of drug-likeness (QED) is 0.665. The Bertz CT molecular complexity index is 816. The average molecular weight is 438 g/mol. The summed E-state index contributed by atoms with van der Waals surface area (Å²) in [7, 11) is 0.